The Morgan fingerprint density at radius 3 is 2.82 bits per heavy atom. The fraction of sp³-hybridized carbons (Fsp3) is 0.214. The summed E-state index contributed by atoms with van der Waals surface area (Å²) in [6, 6.07) is 8.86. The van der Waals surface area contributed by atoms with E-state index < -0.39 is 12.6 Å². The van der Waals surface area contributed by atoms with E-state index in [9.17, 15) is 13.6 Å². The van der Waals surface area contributed by atoms with Crippen LogP contribution in [0.15, 0.2) is 45.5 Å². The standard InChI is InChI=1S/C14H13BrF2N2O3/c1-19(8-11-5-6-12(15)21-11)14(20)18-9-3-2-4-10(7-9)22-13(16)17/h2-7,13H,8H2,1H3,(H,18,20). The predicted molar refractivity (Wildman–Crippen MR) is 80.0 cm³/mol. The van der Waals surface area contributed by atoms with E-state index in [-0.39, 0.29) is 12.3 Å². The van der Waals surface area contributed by atoms with Gasteiger partial charge in [-0.3, -0.25) is 0 Å². The quantitative estimate of drug-likeness (QED) is 0.848. The molecule has 0 aliphatic carbocycles. The lowest BCUT2D eigenvalue weighted by Gasteiger charge is -2.17. The van der Waals surface area contributed by atoms with Crippen LogP contribution < -0.4 is 10.1 Å². The number of nitrogens with one attached hydrogen (secondary N) is 1. The van der Waals surface area contributed by atoms with Crippen molar-refractivity contribution in [2.75, 3.05) is 12.4 Å². The molecule has 0 aliphatic rings. The summed E-state index contributed by atoms with van der Waals surface area (Å²) in [6.45, 7) is -2.64. The maximum atomic E-state index is 12.2. The number of urea groups is 1. The van der Waals surface area contributed by atoms with Crippen LogP contribution in [0.5, 0.6) is 5.75 Å². The maximum Gasteiger partial charge on any atom is 0.387 e. The van der Waals surface area contributed by atoms with Gasteiger partial charge in [0.25, 0.3) is 0 Å². The smallest absolute Gasteiger partial charge is 0.387 e. The predicted octanol–water partition coefficient (Wildman–Crippen LogP) is 4.31. The molecule has 8 heteroatoms. The molecular formula is C14H13BrF2N2O3. The van der Waals surface area contributed by atoms with Crippen molar-refractivity contribution in [2.24, 2.45) is 0 Å². The van der Waals surface area contributed by atoms with E-state index in [2.05, 4.69) is 26.0 Å². The maximum absolute atomic E-state index is 12.2. The summed E-state index contributed by atoms with van der Waals surface area (Å²) < 4.78 is 34.5. The van der Waals surface area contributed by atoms with Gasteiger partial charge in [-0.25, -0.2) is 4.79 Å². The highest BCUT2D eigenvalue weighted by atomic mass is 79.9. The molecule has 0 saturated carbocycles. The lowest BCUT2D eigenvalue weighted by Crippen LogP contribution is -2.30. The minimum Gasteiger partial charge on any atom is -0.452 e. The second-order valence-electron chi connectivity index (χ2n) is 4.40. The molecule has 2 amide bonds. The lowest BCUT2D eigenvalue weighted by atomic mass is 10.3. The van der Waals surface area contributed by atoms with Crippen LogP contribution in [-0.4, -0.2) is 24.6 Å². The van der Waals surface area contributed by atoms with E-state index in [1.807, 2.05) is 0 Å². The van der Waals surface area contributed by atoms with Crippen molar-refractivity contribution < 1.29 is 22.7 Å². The Balaban J connectivity index is 1.96. The van der Waals surface area contributed by atoms with E-state index >= 15 is 0 Å². The van der Waals surface area contributed by atoms with Gasteiger partial charge in [0.15, 0.2) is 4.67 Å². The number of hydrogen-bond acceptors (Lipinski definition) is 3. The van der Waals surface area contributed by atoms with Gasteiger partial charge in [-0.1, -0.05) is 6.07 Å². The van der Waals surface area contributed by atoms with Crippen molar-refractivity contribution in [2.45, 2.75) is 13.2 Å². The third-order valence-corrected chi connectivity index (χ3v) is 3.11. The van der Waals surface area contributed by atoms with E-state index in [0.29, 0.717) is 16.1 Å². The number of benzene rings is 1. The zero-order chi connectivity index (χ0) is 16.1. The summed E-state index contributed by atoms with van der Waals surface area (Å²) in [5, 5.41) is 2.59. The molecule has 0 radical (unpaired) electrons. The minimum atomic E-state index is -2.91. The minimum absolute atomic E-state index is 0.0228. The van der Waals surface area contributed by atoms with Gasteiger partial charge in [-0.15, -0.1) is 0 Å². The Bertz CT molecular complexity index is 649. The number of anilines is 1. The van der Waals surface area contributed by atoms with Crippen LogP contribution >= 0.6 is 15.9 Å². The van der Waals surface area contributed by atoms with Crippen LogP contribution in [-0.2, 0) is 6.54 Å². The molecule has 1 heterocycles. The number of furan rings is 1. The van der Waals surface area contributed by atoms with E-state index in [0.717, 1.165) is 0 Å². The molecule has 2 rings (SSSR count). The van der Waals surface area contributed by atoms with Crippen molar-refractivity contribution >= 4 is 27.6 Å². The molecule has 22 heavy (non-hydrogen) atoms. The molecule has 0 fully saturated rings. The zero-order valence-electron chi connectivity index (χ0n) is 11.6. The number of rotatable bonds is 5. The third kappa shape index (κ3) is 4.73. The van der Waals surface area contributed by atoms with Crippen LogP contribution in [0.1, 0.15) is 5.76 Å². The van der Waals surface area contributed by atoms with Gasteiger partial charge >= 0.3 is 12.6 Å². The van der Waals surface area contributed by atoms with Crippen LogP contribution in [0.3, 0.4) is 0 Å². The number of carbonyl (C=O) groups is 1. The van der Waals surface area contributed by atoms with Crippen molar-refractivity contribution in [3.05, 3.63) is 46.8 Å². The average molecular weight is 375 g/mol. The Kier molecular flexibility index (Phi) is 5.37. The fourth-order valence-electron chi connectivity index (χ4n) is 1.71. The van der Waals surface area contributed by atoms with E-state index in [4.69, 9.17) is 4.42 Å². The number of alkyl halides is 2. The Morgan fingerprint density at radius 1 is 1.41 bits per heavy atom. The second kappa shape index (κ2) is 7.26. The van der Waals surface area contributed by atoms with Gasteiger partial charge in [0.2, 0.25) is 0 Å². The van der Waals surface area contributed by atoms with Crippen LogP contribution in [0.2, 0.25) is 0 Å². The summed E-state index contributed by atoms with van der Waals surface area (Å²) in [6.07, 6.45) is 0. The van der Waals surface area contributed by atoms with E-state index in [1.165, 1.54) is 23.1 Å². The summed E-state index contributed by atoms with van der Waals surface area (Å²) in [4.78, 5) is 13.4. The first-order valence-electron chi connectivity index (χ1n) is 6.25. The summed E-state index contributed by atoms with van der Waals surface area (Å²) in [5.74, 6) is 0.588. The van der Waals surface area contributed by atoms with Crippen LogP contribution in [0, 0.1) is 0 Å². The van der Waals surface area contributed by atoms with E-state index in [1.54, 1.807) is 25.2 Å². The molecule has 0 bridgehead atoms. The lowest BCUT2D eigenvalue weighted by molar-refractivity contribution is -0.0497. The van der Waals surface area contributed by atoms with Crippen LogP contribution in [0.4, 0.5) is 19.3 Å². The molecule has 118 valence electrons. The number of amides is 2. The molecular weight excluding hydrogens is 362 g/mol. The molecule has 5 nitrogen and oxygen atoms in total. The highest BCUT2D eigenvalue weighted by Gasteiger charge is 2.12. The first-order chi connectivity index (χ1) is 10.4. The third-order valence-electron chi connectivity index (χ3n) is 2.68. The van der Waals surface area contributed by atoms with Gasteiger partial charge in [0.05, 0.1) is 6.54 Å². The van der Waals surface area contributed by atoms with Crippen molar-refractivity contribution in [1.29, 1.82) is 0 Å². The number of halogens is 3. The summed E-state index contributed by atoms with van der Waals surface area (Å²) in [5.41, 5.74) is 0.357. The van der Waals surface area contributed by atoms with Gasteiger partial charge in [-0.2, -0.15) is 8.78 Å². The molecule has 1 aromatic carbocycles. The highest BCUT2D eigenvalue weighted by molar-refractivity contribution is 9.10. The Labute approximate surface area is 134 Å². The molecule has 1 N–H and O–H groups in total. The number of nitrogens with zero attached hydrogens (tertiary/aromatic N) is 1. The number of carbonyl (C=O) groups excluding carboxylic acids is 1. The SMILES string of the molecule is CN(Cc1ccc(Br)o1)C(=O)Nc1cccc(OC(F)F)c1. The molecule has 0 saturated heterocycles. The largest absolute Gasteiger partial charge is 0.452 e. The zero-order valence-corrected chi connectivity index (χ0v) is 13.1. The fourth-order valence-corrected chi connectivity index (χ4v) is 2.05. The van der Waals surface area contributed by atoms with Gasteiger partial charge in [0, 0.05) is 18.8 Å². The highest BCUT2D eigenvalue weighted by Crippen LogP contribution is 2.20. The molecule has 0 aliphatic heterocycles. The number of ether oxygens (including phenoxy) is 1. The summed E-state index contributed by atoms with van der Waals surface area (Å²) in [7, 11) is 1.59. The molecule has 0 unspecified atom stereocenters. The summed E-state index contributed by atoms with van der Waals surface area (Å²) >= 11 is 3.18. The topological polar surface area (TPSA) is 54.7 Å². The molecule has 0 atom stereocenters. The van der Waals surface area contributed by atoms with Crippen molar-refractivity contribution in [1.82, 2.24) is 4.90 Å². The van der Waals surface area contributed by atoms with Gasteiger partial charge in [-0.05, 0) is 40.2 Å². The van der Waals surface area contributed by atoms with Crippen molar-refractivity contribution in [3.8, 4) is 5.75 Å². The van der Waals surface area contributed by atoms with Crippen LogP contribution in [0.25, 0.3) is 0 Å². The molecule has 2 aromatic rings. The average Bonchev–Trinajstić information content (AvgIpc) is 2.83. The second-order valence-corrected chi connectivity index (χ2v) is 5.18. The van der Waals surface area contributed by atoms with Crippen molar-refractivity contribution in [3.63, 3.8) is 0 Å². The monoisotopic (exact) mass is 374 g/mol. The van der Waals surface area contributed by atoms with Gasteiger partial charge in [0.1, 0.15) is 11.5 Å². The Hall–Kier alpha value is -2.09. The number of hydrogen-bond donors (Lipinski definition) is 1. The Morgan fingerprint density at radius 2 is 2.18 bits per heavy atom. The first-order valence-corrected chi connectivity index (χ1v) is 7.04. The first kappa shape index (κ1) is 16.3. The molecule has 1 aromatic heterocycles. The normalized spacial score (nSPS) is 10.6. The van der Waals surface area contributed by atoms with Gasteiger partial charge < -0.3 is 19.4 Å². The molecule has 0 spiro atoms.